The second-order valence-electron chi connectivity index (χ2n) is 18.0. The van der Waals surface area contributed by atoms with Crippen molar-refractivity contribution in [3.05, 3.63) is 301 Å². The number of hydrogen-bond donors (Lipinski definition) is 0. The molecule has 0 aliphatic heterocycles. The van der Waals surface area contributed by atoms with Gasteiger partial charge in [-0.1, -0.05) is 212 Å². The maximum absolute atomic E-state index is 2.47. The van der Waals surface area contributed by atoms with E-state index in [4.69, 9.17) is 0 Å². The second kappa shape index (κ2) is 16.7. The SMILES string of the molecule is c1ccc(-c2ccc(N(c3ccc4c(c3)C(c3ccccc3)(c3ccccc3)c3ccccc3-4)c3ccccc3-c3cccc(-c4ccc5c(c4)c4ccccc4n5-c4ccccc4)c3)cc2)cc1. The van der Waals surface area contributed by atoms with Crippen molar-refractivity contribution in [2.24, 2.45) is 0 Å². The zero-order chi connectivity index (χ0) is 45.7. The molecule has 0 unspecified atom stereocenters. The Morgan fingerprint density at radius 2 is 0.812 bits per heavy atom. The fraction of sp³-hybridized carbons (Fsp3) is 0.0149. The van der Waals surface area contributed by atoms with E-state index in [9.17, 15) is 0 Å². The third-order valence-corrected chi connectivity index (χ3v) is 14.3. The van der Waals surface area contributed by atoms with Gasteiger partial charge in [0.25, 0.3) is 0 Å². The maximum Gasteiger partial charge on any atom is 0.0714 e. The highest BCUT2D eigenvalue weighted by Crippen LogP contribution is 2.57. The summed E-state index contributed by atoms with van der Waals surface area (Å²) in [5.74, 6) is 0. The predicted molar refractivity (Wildman–Crippen MR) is 289 cm³/mol. The molecule has 11 aromatic carbocycles. The molecule has 2 heteroatoms. The van der Waals surface area contributed by atoms with E-state index in [1.165, 1.54) is 77.4 Å². The first kappa shape index (κ1) is 40.3. The Hall–Kier alpha value is -8.98. The highest BCUT2D eigenvalue weighted by Gasteiger charge is 2.46. The Morgan fingerprint density at radius 1 is 0.290 bits per heavy atom. The Bertz CT molecular complexity index is 3780. The van der Waals surface area contributed by atoms with Crippen LogP contribution >= 0.6 is 0 Å². The van der Waals surface area contributed by atoms with Gasteiger partial charge in [0.2, 0.25) is 0 Å². The van der Waals surface area contributed by atoms with E-state index < -0.39 is 5.41 Å². The molecule has 0 amide bonds. The molecule has 1 aliphatic carbocycles. The van der Waals surface area contributed by atoms with Gasteiger partial charge in [-0.25, -0.2) is 0 Å². The minimum absolute atomic E-state index is 0.532. The fourth-order valence-corrected chi connectivity index (χ4v) is 11.2. The van der Waals surface area contributed by atoms with E-state index in [0.29, 0.717) is 0 Å². The molecule has 12 aromatic rings. The number of fused-ring (bicyclic) bond motifs is 6. The first-order valence-corrected chi connectivity index (χ1v) is 23.8. The minimum Gasteiger partial charge on any atom is -0.310 e. The topological polar surface area (TPSA) is 8.17 Å². The van der Waals surface area contributed by atoms with E-state index in [1.807, 2.05) is 0 Å². The zero-order valence-corrected chi connectivity index (χ0v) is 38.0. The van der Waals surface area contributed by atoms with Gasteiger partial charge in [0, 0.05) is 33.4 Å². The lowest BCUT2D eigenvalue weighted by molar-refractivity contribution is 0.768. The number of benzene rings is 11. The highest BCUT2D eigenvalue weighted by molar-refractivity contribution is 6.10. The molecule has 2 nitrogen and oxygen atoms in total. The van der Waals surface area contributed by atoms with E-state index >= 15 is 0 Å². The van der Waals surface area contributed by atoms with Crippen LogP contribution in [0.3, 0.4) is 0 Å². The normalized spacial score (nSPS) is 12.5. The molecular weight excluding hydrogens is 833 g/mol. The molecule has 0 radical (unpaired) electrons. The average Bonchev–Trinajstić information content (AvgIpc) is 3.92. The molecule has 0 fully saturated rings. The van der Waals surface area contributed by atoms with Gasteiger partial charge >= 0.3 is 0 Å². The standard InChI is InChI=1S/C67H46N2/c1-5-20-47(21-6-1)48-36-39-55(40-37-48)68(56-41-42-59-58-31-13-16-33-62(58)67(63(59)46-56,52-24-7-2-8-25-52)53-26-9-3-10-27-53)64-34-17-14-30-57(64)51-23-19-22-49(44-51)50-38-43-66-61(45-50)60-32-15-18-35-65(60)69(66)54-28-11-4-12-29-54/h1-46H. The number of anilines is 3. The lowest BCUT2D eigenvalue weighted by atomic mass is 9.67. The second-order valence-corrected chi connectivity index (χ2v) is 18.0. The first-order valence-electron chi connectivity index (χ1n) is 23.8. The number of para-hydroxylation sites is 3. The van der Waals surface area contributed by atoms with Crippen molar-refractivity contribution in [1.82, 2.24) is 4.57 Å². The Morgan fingerprint density at radius 3 is 1.57 bits per heavy atom. The quantitative estimate of drug-likeness (QED) is 0.140. The predicted octanol–water partition coefficient (Wildman–Crippen LogP) is 17.6. The monoisotopic (exact) mass is 878 g/mol. The van der Waals surface area contributed by atoms with Crippen LogP contribution in [0.4, 0.5) is 17.1 Å². The molecule has 0 spiro atoms. The van der Waals surface area contributed by atoms with Crippen molar-refractivity contribution < 1.29 is 0 Å². The van der Waals surface area contributed by atoms with Crippen LogP contribution in [0.5, 0.6) is 0 Å². The summed E-state index contributed by atoms with van der Waals surface area (Å²) in [6.45, 7) is 0. The van der Waals surface area contributed by atoms with E-state index in [2.05, 4.69) is 289 Å². The molecule has 324 valence electrons. The lowest BCUT2D eigenvalue weighted by Gasteiger charge is -2.35. The number of aromatic nitrogens is 1. The summed E-state index contributed by atoms with van der Waals surface area (Å²) < 4.78 is 2.38. The van der Waals surface area contributed by atoms with Crippen LogP contribution in [0.1, 0.15) is 22.3 Å². The van der Waals surface area contributed by atoms with Crippen LogP contribution in [0.25, 0.3) is 72.0 Å². The summed E-state index contributed by atoms with van der Waals surface area (Å²) in [5.41, 5.74) is 20.9. The van der Waals surface area contributed by atoms with Crippen molar-refractivity contribution in [2.75, 3.05) is 4.90 Å². The van der Waals surface area contributed by atoms with Crippen LogP contribution in [-0.4, -0.2) is 4.57 Å². The molecule has 0 atom stereocenters. The summed E-state index contributed by atoms with van der Waals surface area (Å²) in [6, 6.07) is 102. The van der Waals surface area contributed by atoms with Gasteiger partial charge in [0.15, 0.2) is 0 Å². The Kier molecular flexibility index (Phi) is 9.77. The van der Waals surface area contributed by atoms with Crippen molar-refractivity contribution in [1.29, 1.82) is 0 Å². The first-order chi connectivity index (χ1) is 34.2. The van der Waals surface area contributed by atoms with Crippen LogP contribution in [0.15, 0.2) is 279 Å². The van der Waals surface area contributed by atoms with Crippen LogP contribution in [0, 0.1) is 0 Å². The van der Waals surface area contributed by atoms with Gasteiger partial charge in [-0.05, 0) is 128 Å². The summed E-state index contributed by atoms with van der Waals surface area (Å²) in [6.07, 6.45) is 0. The van der Waals surface area contributed by atoms with Crippen molar-refractivity contribution in [3.8, 4) is 50.2 Å². The van der Waals surface area contributed by atoms with Crippen LogP contribution in [-0.2, 0) is 5.41 Å². The Labute approximate surface area is 403 Å². The van der Waals surface area contributed by atoms with Gasteiger partial charge in [-0.3, -0.25) is 0 Å². The van der Waals surface area contributed by atoms with E-state index in [1.54, 1.807) is 0 Å². The van der Waals surface area contributed by atoms with Gasteiger partial charge in [-0.15, -0.1) is 0 Å². The molecule has 0 saturated heterocycles. The fourth-order valence-electron chi connectivity index (χ4n) is 11.2. The summed E-state index contributed by atoms with van der Waals surface area (Å²) in [7, 11) is 0. The Balaban J connectivity index is 0.990. The molecule has 69 heavy (non-hydrogen) atoms. The molecule has 0 bridgehead atoms. The molecule has 0 saturated carbocycles. The van der Waals surface area contributed by atoms with Crippen LogP contribution < -0.4 is 4.90 Å². The van der Waals surface area contributed by atoms with Gasteiger partial charge in [0.1, 0.15) is 0 Å². The largest absolute Gasteiger partial charge is 0.310 e. The third kappa shape index (κ3) is 6.64. The van der Waals surface area contributed by atoms with Crippen LogP contribution in [0.2, 0.25) is 0 Å². The smallest absolute Gasteiger partial charge is 0.0714 e. The van der Waals surface area contributed by atoms with Crippen molar-refractivity contribution in [2.45, 2.75) is 5.41 Å². The van der Waals surface area contributed by atoms with Gasteiger partial charge < -0.3 is 9.47 Å². The molecule has 0 N–H and O–H groups in total. The zero-order valence-electron chi connectivity index (χ0n) is 38.0. The molecule has 13 rings (SSSR count). The summed E-state index contributed by atoms with van der Waals surface area (Å²) >= 11 is 0. The molecular formula is C67H46N2. The number of rotatable bonds is 9. The summed E-state index contributed by atoms with van der Waals surface area (Å²) in [5, 5.41) is 2.48. The minimum atomic E-state index is -0.532. The molecule has 1 aromatic heterocycles. The third-order valence-electron chi connectivity index (χ3n) is 14.3. The van der Waals surface area contributed by atoms with Crippen molar-refractivity contribution >= 4 is 38.9 Å². The van der Waals surface area contributed by atoms with E-state index in [0.717, 1.165) is 33.9 Å². The lowest BCUT2D eigenvalue weighted by Crippen LogP contribution is -2.28. The molecule has 1 heterocycles. The van der Waals surface area contributed by atoms with E-state index in [-0.39, 0.29) is 0 Å². The van der Waals surface area contributed by atoms with Gasteiger partial charge in [0.05, 0.1) is 22.1 Å². The van der Waals surface area contributed by atoms with Gasteiger partial charge in [-0.2, -0.15) is 0 Å². The number of hydrogen-bond acceptors (Lipinski definition) is 1. The average molecular weight is 879 g/mol. The maximum atomic E-state index is 2.47. The molecule has 1 aliphatic rings. The summed E-state index contributed by atoms with van der Waals surface area (Å²) in [4.78, 5) is 2.46. The highest BCUT2D eigenvalue weighted by atomic mass is 15.1. The van der Waals surface area contributed by atoms with Crippen molar-refractivity contribution in [3.63, 3.8) is 0 Å². The number of nitrogens with zero attached hydrogens (tertiary/aromatic N) is 2.